The molecule has 1 saturated heterocycles. The average Bonchev–Trinajstić information content (AvgIpc) is 2.81. The number of amidine groups is 1. The van der Waals surface area contributed by atoms with Crippen LogP contribution in [0.2, 0.25) is 0 Å². The molecule has 1 unspecified atom stereocenters. The molecular formula is C22H25F5N6O3S. The number of pyridine rings is 2. The molecule has 4 heterocycles. The van der Waals surface area contributed by atoms with Crippen LogP contribution >= 0.6 is 10.5 Å². The Morgan fingerprint density at radius 3 is 2.59 bits per heavy atom. The van der Waals surface area contributed by atoms with E-state index in [1.807, 2.05) is 0 Å². The van der Waals surface area contributed by atoms with E-state index < -0.39 is 68.9 Å². The summed E-state index contributed by atoms with van der Waals surface area (Å²) in [6, 6.07) is 4.36. The summed E-state index contributed by atoms with van der Waals surface area (Å²) in [6.45, 7) is 0.680. The molecule has 1 fully saturated rings. The highest BCUT2D eigenvalue weighted by Crippen LogP contribution is 2.67. The summed E-state index contributed by atoms with van der Waals surface area (Å²) in [5, 5.41) is 1.13. The van der Waals surface area contributed by atoms with Crippen molar-refractivity contribution < 1.29 is 36.0 Å². The number of nitrogens with one attached hydrogen (secondary N) is 2. The number of amides is 1. The minimum atomic E-state index is -3.21. The van der Waals surface area contributed by atoms with E-state index >= 15 is 4.39 Å². The lowest BCUT2D eigenvalue weighted by Gasteiger charge is -2.61. The molecule has 2 aliphatic heterocycles. The van der Waals surface area contributed by atoms with Gasteiger partial charge in [0, 0.05) is 6.42 Å². The molecule has 0 bridgehead atoms. The topological polar surface area (TPSA) is 135 Å². The highest BCUT2D eigenvalue weighted by atomic mass is 32.3. The van der Waals surface area contributed by atoms with Gasteiger partial charge in [0.15, 0.2) is 0 Å². The van der Waals surface area contributed by atoms with Gasteiger partial charge < -0.3 is 20.3 Å². The normalized spacial score (nSPS) is 30.0. The van der Waals surface area contributed by atoms with Crippen LogP contribution in [0.3, 0.4) is 0 Å². The van der Waals surface area contributed by atoms with Crippen LogP contribution < -0.4 is 20.5 Å². The van der Waals surface area contributed by atoms with Crippen molar-refractivity contribution in [2.45, 2.75) is 55.3 Å². The molecule has 2 aromatic heterocycles. The lowest BCUT2D eigenvalue weighted by atomic mass is 9.88. The average molecular weight is 549 g/mol. The molecular weight excluding hydrogens is 523 g/mol. The smallest absolute Gasteiger partial charge is 0.387 e. The molecule has 3 atom stereocenters. The Kier molecular flexibility index (Phi) is 6.61. The molecule has 0 aliphatic carbocycles. The number of aliphatic imine (C=N–C) groups is 1. The van der Waals surface area contributed by atoms with Crippen LogP contribution in [0.15, 0.2) is 35.5 Å². The monoisotopic (exact) mass is 548 g/mol. The number of aromatic nitrogens is 2. The fraction of sp³-hybridized carbons (Fsp3) is 0.455. The van der Waals surface area contributed by atoms with Crippen LogP contribution in [0.25, 0.3) is 0 Å². The van der Waals surface area contributed by atoms with Crippen molar-refractivity contribution in [3.8, 4) is 5.75 Å². The Balaban J connectivity index is 1.70. The summed E-state index contributed by atoms with van der Waals surface area (Å²) in [7, 11) is -3.10. The fourth-order valence-corrected chi connectivity index (χ4v) is 7.79. The number of carbonyl (C=O) groups is 1. The van der Waals surface area contributed by atoms with Gasteiger partial charge in [0.05, 0.1) is 22.7 Å². The number of rotatable bonds is 5. The van der Waals surface area contributed by atoms with Crippen molar-refractivity contribution >= 4 is 28.1 Å². The molecule has 5 N–H and O–H groups in total. The van der Waals surface area contributed by atoms with Crippen LogP contribution in [0.1, 0.15) is 43.4 Å². The molecule has 9 nitrogen and oxygen atoms in total. The summed E-state index contributed by atoms with van der Waals surface area (Å²) in [5.41, 5.74) is 3.78. The molecule has 0 radical (unpaired) electrons. The lowest BCUT2D eigenvalue weighted by Crippen LogP contribution is -2.65. The molecule has 0 spiro atoms. The first-order valence-electron chi connectivity index (χ1n) is 11.0. The largest absolute Gasteiger partial charge is 0.433 e. The molecule has 0 saturated carbocycles. The highest BCUT2D eigenvalue weighted by molar-refractivity contribution is 8.29. The van der Waals surface area contributed by atoms with Crippen molar-refractivity contribution in [1.82, 2.24) is 14.7 Å². The third-order valence-electron chi connectivity index (χ3n) is 6.58. The number of hydrogen-bond donors (Lipinski definition) is 4. The van der Waals surface area contributed by atoms with E-state index in [9.17, 15) is 26.9 Å². The fourth-order valence-electron chi connectivity index (χ4n) is 4.40. The predicted octanol–water partition coefficient (Wildman–Crippen LogP) is 4.02. The van der Waals surface area contributed by atoms with E-state index in [0.717, 1.165) is 30.5 Å². The van der Waals surface area contributed by atoms with E-state index in [0.29, 0.717) is 0 Å². The van der Waals surface area contributed by atoms with Crippen molar-refractivity contribution in [2.24, 2.45) is 10.7 Å². The predicted molar refractivity (Wildman–Crippen MR) is 128 cm³/mol. The van der Waals surface area contributed by atoms with E-state index in [1.165, 1.54) is 6.92 Å². The summed E-state index contributed by atoms with van der Waals surface area (Å²) < 4.78 is 86.0. The van der Waals surface area contributed by atoms with Gasteiger partial charge in [-0.2, -0.15) is 8.78 Å². The number of alkyl halides is 4. The number of fused-ring (bicyclic) bond motifs is 1. The Hall–Kier alpha value is -3.04. The van der Waals surface area contributed by atoms with Crippen molar-refractivity contribution in [3.63, 3.8) is 0 Å². The van der Waals surface area contributed by atoms with Gasteiger partial charge in [-0.1, -0.05) is 10.5 Å². The number of anilines is 1. The van der Waals surface area contributed by atoms with Crippen molar-refractivity contribution in [1.29, 1.82) is 0 Å². The van der Waals surface area contributed by atoms with Crippen LogP contribution in [0, 0.1) is 5.82 Å². The molecule has 2 aromatic rings. The van der Waals surface area contributed by atoms with Crippen molar-refractivity contribution in [2.75, 3.05) is 11.9 Å². The number of ether oxygens (including phenoxy) is 1. The first-order valence-corrected chi connectivity index (χ1v) is 12.7. The zero-order chi connectivity index (χ0) is 27.4. The van der Waals surface area contributed by atoms with E-state index in [1.54, 1.807) is 13.8 Å². The van der Waals surface area contributed by atoms with Crippen LogP contribution in [0.4, 0.5) is 27.8 Å². The Bertz CT molecular complexity index is 1250. The first kappa shape index (κ1) is 27.0. The third-order valence-corrected chi connectivity index (χ3v) is 10.4. The van der Waals surface area contributed by atoms with Crippen LogP contribution in [-0.2, 0) is 5.54 Å². The molecule has 2 aliphatic rings. The summed E-state index contributed by atoms with van der Waals surface area (Å²) in [6.07, 6.45) is 0.129. The van der Waals surface area contributed by atoms with Gasteiger partial charge in [-0.3, -0.25) is 14.5 Å². The second kappa shape index (κ2) is 9.06. The maximum atomic E-state index is 15.2. The van der Waals surface area contributed by atoms with Crippen LogP contribution in [-0.4, -0.2) is 55.3 Å². The summed E-state index contributed by atoms with van der Waals surface area (Å²) in [5.74, 6) is -5.40. The molecule has 15 heteroatoms. The van der Waals surface area contributed by atoms with E-state index in [2.05, 4.69) is 29.7 Å². The minimum absolute atomic E-state index is 0.0626. The number of halogens is 5. The van der Waals surface area contributed by atoms with E-state index in [4.69, 9.17) is 5.73 Å². The molecule has 1 amide bonds. The molecule has 0 aromatic carbocycles. The van der Waals surface area contributed by atoms with Gasteiger partial charge in [0.25, 0.3) is 11.8 Å². The van der Waals surface area contributed by atoms with Gasteiger partial charge in [-0.25, -0.2) is 23.1 Å². The number of hydrogen-bond acceptors (Lipinski definition) is 8. The zero-order valence-electron chi connectivity index (χ0n) is 19.9. The van der Waals surface area contributed by atoms with Gasteiger partial charge in [0.2, 0.25) is 0 Å². The van der Waals surface area contributed by atoms with Gasteiger partial charge in [-0.15, -0.1) is 0 Å². The van der Waals surface area contributed by atoms with E-state index in [-0.39, 0.29) is 23.1 Å². The van der Waals surface area contributed by atoms with Gasteiger partial charge >= 0.3 is 6.61 Å². The molecule has 37 heavy (non-hydrogen) atoms. The van der Waals surface area contributed by atoms with Crippen molar-refractivity contribution in [3.05, 3.63) is 47.7 Å². The second-order valence-corrected chi connectivity index (χ2v) is 12.5. The minimum Gasteiger partial charge on any atom is -0.433 e. The second-order valence-electron chi connectivity index (χ2n) is 9.39. The zero-order valence-corrected chi connectivity index (χ0v) is 20.8. The number of carbonyl (C=O) groups excluding carboxylic acids is 1. The standard InChI is InChI=1S/C22H25F5N6O3S/c1-20(2)18(28)33-21(3,14-8-22(26,27)10-30-37(14,20)35)16-12(23)5-7-15(31-16)32-17(34)13-6-4-11(9-29-13)36-19(24)25/h4-7,9,14,19,30,35H,8,10H2,1-3H3,(H2,28,33)(H,31,32,34)/t14-,21+/m1/s1. The lowest BCUT2D eigenvalue weighted by molar-refractivity contribution is -0.0500. The first-order chi connectivity index (χ1) is 17.1. The highest BCUT2D eigenvalue weighted by Gasteiger charge is 2.64. The third kappa shape index (κ3) is 4.70. The Morgan fingerprint density at radius 1 is 1.27 bits per heavy atom. The van der Waals surface area contributed by atoms with Crippen LogP contribution in [0.5, 0.6) is 5.75 Å². The maximum absolute atomic E-state index is 15.2. The molecule has 4 rings (SSSR count). The number of nitrogens with two attached hydrogens (primary N) is 1. The Labute approximate surface area is 210 Å². The van der Waals surface area contributed by atoms with Gasteiger partial charge in [0.1, 0.15) is 40.1 Å². The SMILES string of the molecule is CC1(C)C(N)=N[C@](C)(c2nc(NC(=O)c3ccc(OC(F)F)cn3)ccc2F)[C@H]2CC(F)(F)CNS21O. The quantitative estimate of drug-likeness (QED) is 0.415. The number of nitrogens with zero attached hydrogens (tertiary/aromatic N) is 3. The van der Waals surface area contributed by atoms with Gasteiger partial charge in [-0.05, 0) is 45.0 Å². The summed E-state index contributed by atoms with van der Waals surface area (Å²) in [4.78, 5) is 24.9. The Morgan fingerprint density at radius 2 is 1.97 bits per heavy atom. The maximum Gasteiger partial charge on any atom is 0.387 e. The molecule has 202 valence electrons. The summed E-state index contributed by atoms with van der Waals surface area (Å²) >= 11 is 0.